The summed E-state index contributed by atoms with van der Waals surface area (Å²) in [7, 11) is -3.34. The molecule has 6 heteroatoms. The molecule has 5 nitrogen and oxygen atoms in total. The van der Waals surface area contributed by atoms with E-state index in [-0.39, 0.29) is 24.4 Å². The summed E-state index contributed by atoms with van der Waals surface area (Å²) < 4.78 is 24.2. The number of urea groups is 1. The van der Waals surface area contributed by atoms with Crippen LogP contribution in [0.3, 0.4) is 0 Å². The fourth-order valence-electron chi connectivity index (χ4n) is 2.88. The van der Waals surface area contributed by atoms with Crippen molar-refractivity contribution in [3.63, 3.8) is 0 Å². The normalized spacial score (nSPS) is 17.0. The molecule has 1 saturated carbocycles. The Morgan fingerprint density at radius 1 is 1.00 bits per heavy atom. The molecule has 0 bridgehead atoms. The first-order valence-electron chi connectivity index (χ1n) is 8.40. The van der Waals surface area contributed by atoms with E-state index in [2.05, 4.69) is 10.6 Å². The lowest BCUT2D eigenvalue weighted by Crippen LogP contribution is -2.43. The summed E-state index contributed by atoms with van der Waals surface area (Å²) in [6.45, 7) is 0.121. The lowest BCUT2D eigenvalue weighted by atomic mass is 9.97. The molecular formula is C17H26N2O3S. The maximum Gasteiger partial charge on any atom is 0.315 e. The summed E-state index contributed by atoms with van der Waals surface area (Å²) in [6, 6.07) is 8.26. The van der Waals surface area contributed by atoms with Crippen LogP contribution < -0.4 is 10.6 Å². The van der Waals surface area contributed by atoms with Crippen LogP contribution in [0.2, 0.25) is 0 Å². The van der Waals surface area contributed by atoms with E-state index in [1.807, 2.05) is 0 Å². The fourth-order valence-corrected chi connectivity index (χ4v) is 4.06. The van der Waals surface area contributed by atoms with Crippen molar-refractivity contribution in [2.24, 2.45) is 0 Å². The molecule has 2 rings (SSSR count). The van der Waals surface area contributed by atoms with Gasteiger partial charge >= 0.3 is 6.03 Å². The van der Waals surface area contributed by atoms with Crippen molar-refractivity contribution in [3.05, 3.63) is 30.3 Å². The van der Waals surface area contributed by atoms with Gasteiger partial charge in [-0.3, -0.25) is 0 Å². The lowest BCUT2D eigenvalue weighted by Gasteiger charge is -2.21. The Kier molecular flexibility index (Phi) is 6.89. The third-order valence-corrected chi connectivity index (χ3v) is 5.93. The van der Waals surface area contributed by atoms with Gasteiger partial charge in [0.1, 0.15) is 0 Å². The molecule has 0 heterocycles. The van der Waals surface area contributed by atoms with E-state index in [4.69, 9.17) is 0 Å². The number of benzene rings is 1. The predicted molar refractivity (Wildman–Crippen MR) is 91.1 cm³/mol. The van der Waals surface area contributed by atoms with Gasteiger partial charge in [0.05, 0.1) is 10.6 Å². The zero-order chi connectivity index (χ0) is 16.5. The number of rotatable bonds is 5. The van der Waals surface area contributed by atoms with E-state index in [1.54, 1.807) is 30.3 Å². The van der Waals surface area contributed by atoms with Gasteiger partial charge in [0, 0.05) is 12.6 Å². The fraction of sp³-hybridized carbons (Fsp3) is 0.588. The topological polar surface area (TPSA) is 75.3 Å². The number of sulfone groups is 1. The number of hydrogen-bond acceptors (Lipinski definition) is 3. The highest BCUT2D eigenvalue weighted by Gasteiger charge is 2.16. The second kappa shape index (κ2) is 8.91. The largest absolute Gasteiger partial charge is 0.337 e. The SMILES string of the molecule is O=C(NCCS(=O)(=O)c1ccccc1)NC1CCCCCCC1. The second-order valence-corrected chi connectivity index (χ2v) is 8.18. The molecule has 0 unspecified atom stereocenters. The summed E-state index contributed by atoms with van der Waals surface area (Å²) in [4.78, 5) is 12.2. The first-order chi connectivity index (χ1) is 11.1. The zero-order valence-corrected chi connectivity index (χ0v) is 14.3. The van der Waals surface area contributed by atoms with Crippen LogP contribution in [0.1, 0.15) is 44.9 Å². The van der Waals surface area contributed by atoms with Crippen LogP contribution in [0.25, 0.3) is 0 Å². The van der Waals surface area contributed by atoms with Gasteiger partial charge in [-0.2, -0.15) is 0 Å². The molecule has 1 aromatic carbocycles. The van der Waals surface area contributed by atoms with Crippen molar-refractivity contribution in [1.82, 2.24) is 10.6 Å². The van der Waals surface area contributed by atoms with Crippen LogP contribution in [0.15, 0.2) is 35.2 Å². The second-order valence-electron chi connectivity index (χ2n) is 6.07. The van der Waals surface area contributed by atoms with Crippen LogP contribution in [-0.2, 0) is 9.84 Å². The van der Waals surface area contributed by atoms with Crippen LogP contribution in [-0.4, -0.2) is 32.8 Å². The molecule has 2 N–H and O–H groups in total. The van der Waals surface area contributed by atoms with E-state index in [0.717, 1.165) is 25.7 Å². The Morgan fingerprint density at radius 2 is 1.61 bits per heavy atom. The number of carbonyl (C=O) groups is 1. The van der Waals surface area contributed by atoms with Crippen LogP contribution >= 0.6 is 0 Å². The average molecular weight is 338 g/mol. The Morgan fingerprint density at radius 3 is 2.26 bits per heavy atom. The van der Waals surface area contributed by atoms with Gasteiger partial charge in [0.2, 0.25) is 0 Å². The zero-order valence-electron chi connectivity index (χ0n) is 13.5. The van der Waals surface area contributed by atoms with Crippen LogP contribution in [0, 0.1) is 0 Å². The van der Waals surface area contributed by atoms with Gasteiger partial charge in [-0.15, -0.1) is 0 Å². The van der Waals surface area contributed by atoms with E-state index in [1.165, 1.54) is 19.3 Å². The number of carbonyl (C=O) groups excluding carboxylic acids is 1. The van der Waals surface area contributed by atoms with Crippen molar-refractivity contribution in [3.8, 4) is 0 Å². The van der Waals surface area contributed by atoms with E-state index in [0.29, 0.717) is 4.90 Å². The van der Waals surface area contributed by atoms with Gasteiger partial charge in [-0.25, -0.2) is 13.2 Å². The Hall–Kier alpha value is -1.56. The molecule has 0 saturated heterocycles. The predicted octanol–water partition coefficient (Wildman–Crippen LogP) is 2.87. The highest BCUT2D eigenvalue weighted by atomic mass is 32.2. The molecule has 2 amide bonds. The molecule has 128 valence electrons. The van der Waals surface area contributed by atoms with Gasteiger partial charge < -0.3 is 10.6 Å². The quantitative estimate of drug-likeness (QED) is 0.867. The summed E-state index contributed by atoms with van der Waals surface area (Å²) in [5.74, 6) is -0.0882. The third kappa shape index (κ3) is 6.22. The highest BCUT2D eigenvalue weighted by Crippen LogP contribution is 2.17. The molecule has 0 radical (unpaired) electrons. The maximum absolute atomic E-state index is 12.1. The molecule has 0 atom stereocenters. The Balaban J connectivity index is 1.74. The third-order valence-electron chi connectivity index (χ3n) is 4.20. The van der Waals surface area contributed by atoms with Crippen LogP contribution in [0.5, 0.6) is 0 Å². The number of hydrogen-bond donors (Lipinski definition) is 2. The first kappa shape index (κ1) is 17.8. The maximum atomic E-state index is 12.1. The van der Waals surface area contributed by atoms with E-state index >= 15 is 0 Å². The minimum Gasteiger partial charge on any atom is -0.337 e. The monoisotopic (exact) mass is 338 g/mol. The summed E-state index contributed by atoms with van der Waals surface area (Å²) >= 11 is 0. The van der Waals surface area contributed by atoms with Crippen molar-refractivity contribution < 1.29 is 13.2 Å². The van der Waals surface area contributed by atoms with Gasteiger partial charge in [-0.1, -0.05) is 50.3 Å². The van der Waals surface area contributed by atoms with Gasteiger partial charge in [0.15, 0.2) is 9.84 Å². The smallest absolute Gasteiger partial charge is 0.315 e. The molecule has 1 aliphatic carbocycles. The number of amides is 2. The molecule has 1 aliphatic rings. The van der Waals surface area contributed by atoms with E-state index in [9.17, 15) is 13.2 Å². The van der Waals surface area contributed by atoms with Crippen molar-refractivity contribution >= 4 is 15.9 Å². The minimum atomic E-state index is -3.34. The standard InChI is InChI=1S/C17H26N2O3S/c20-17(19-15-9-5-2-1-3-6-10-15)18-13-14-23(21,22)16-11-7-4-8-12-16/h4,7-8,11-12,15H,1-3,5-6,9-10,13-14H2,(H2,18,19,20). The Labute approximate surface area is 138 Å². The highest BCUT2D eigenvalue weighted by molar-refractivity contribution is 7.91. The molecule has 23 heavy (non-hydrogen) atoms. The molecular weight excluding hydrogens is 312 g/mol. The molecule has 0 spiro atoms. The summed E-state index contributed by atoms with van der Waals surface area (Å²) in [5, 5.41) is 5.63. The Bertz CT molecular complexity index is 579. The molecule has 1 aromatic rings. The van der Waals surface area contributed by atoms with Crippen LogP contribution in [0.4, 0.5) is 4.79 Å². The minimum absolute atomic E-state index is 0.0882. The molecule has 1 fully saturated rings. The van der Waals surface area contributed by atoms with E-state index < -0.39 is 9.84 Å². The average Bonchev–Trinajstić information content (AvgIpc) is 2.50. The van der Waals surface area contributed by atoms with Crippen molar-refractivity contribution in [2.45, 2.75) is 55.9 Å². The first-order valence-corrected chi connectivity index (χ1v) is 10.1. The lowest BCUT2D eigenvalue weighted by molar-refractivity contribution is 0.234. The molecule has 0 aliphatic heterocycles. The number of nitrogens with one attached hydrogen (secondary N) is 2. The summed E-state index contributed by atoms with van der Waals surface area (Å²) in [6.07, 6.45) is 8.06. The van der Waals surface area contributed by atoms with Gasteiger partial charge in [-0.05, 0) is 25.0 Å². The molecule has 0 aromatic heterocycles. The van der Waals surface area contributed by atoms with Crippen molar-refractivity contribution in [1.29, 1.82) is 0 Å². The summed E-state index contributed by atoms with van der Waals surface area (Å²) in [5.41, 5.74) is 0. The van der Waals surface area contributed by atoms with Crippen molar-refractivity contribution in [2.75, 3.05) is 12.3 Å². The van der Waals surface area contributed by atoms with Gasteiger partial charge in [0.25, 0.3) is 0 Å².